The zero-order valence-electron chi connectivity index (χ0n) is 11.2. The molecule has 0 unspecified atom stereocenters. The van der Waals surface area contributed by atoms with E-state index in [4.69, 9.17) is 0 Å². The lowest BCUT2D eigenvalue weighted by molar-refractivity contribution is -0.130. The first-order valence-corrected chi connectivity index (χ1v) is 7.26. The van der Waals surface area contributed by atoms with Crippen molar-refractivity contribution >= 4 is 27.7 Å². The van der Waals surface area contributed by atoms with Crippen molar-refractivity contribution in [3.05, 3.63) is 34.1 Å². The lowest BCUT2D eigenvalue weighted by Crippen LogP contribution is -2.39. The Morgan fingerprint density at radius 2 is 2.00 bits per heavy atom. The number of nitrogens with zero attached hydrogens (tertiary/aromatic N) is 2. The summed E-state index contributed by atoms with van der Waals surface area (Å²) in [5.41, 5.74) is 0.238. The maximum Gasteiger partial charge on any atom is 0.254 e. The molecule has 0 radical (unpaired) electrons. The number of rotatable bonds is 3. The molecule has 0 spiro atoms. The van der Waals surface area contributed by atoms with Gasteiger partial charge in [-0.15, -0.1) is 0 Å². The molecule has 0 aliphatic carbocycles. The number of halogens is 2. The van der Waals surface area contributed by atoms with Crippen LogP contribution in [0.15, 0.2) is 22.7 Å². The first-order chi connectivity index (χ1) is 9.49. The summed E-state index contributed by atoms with van der Waals surface area (Å²) < 4.78 is 13.7. The molecule has 1 aliphatic rings. The number of benzene rings is 1. The Balaban J connectivity index is 2.00. The average molecular weight is 343 g/mol. The van der Waals surface area contributed by atoms with E-state index in [0.29, 0.717) is 4.47 Å². The molecule has 20 heavy (non-hydrogen) atoms. The van der Waals surface area contributed by atoms with E-state index in [1.807, 2.05) is 0 Å². The highest BCUT2D eigenvalue weighted by Crippen LogP contribution is 2.17. The molecule has 0 N–H and O–H groups in total. The van der Waals surface area contributed by atoms with Gasteiger partial charge in [0.25, 0.3) is 5.91 Å². The van der Waals surface area contributed by atoms with E-state index >= 15 is 0 Å². The zero-order valence-corrected chi connectivity index (χ0v) is 12.8. The largest absolute Gasteiger partial charge is 0.341 e. The monoisotopic (exact) mass is 342 g/mol. The van der Waals surface area contributed by atoms with Gasteiger partial charge >= 0.3 is 0 Å². The van der Waals surface area contributed by atoms with Gasteiger partial charge in [-0.1, -0.05) is 0 Å². The normalized spacial score (nSPS) is 14.4. The fourth-order valence-corrected chi connectivity index (χ4v) is 2.44. The molecule has 1 aromatic rings. The van der Waals surface area contributed by atoms with Crippen LogP contribution >= 0.6 is 15.9 Å². The molecule has 0 saturated carbocycles. The van der Waals surface area contributed by atoms with Crippen molar-refractivity contribution in [1.82, 2.24) is 9.80 Å². The van der Waals surface area contributed by atoms with Gasteiger partial charge in [0.15, 0.2) is 0 Å². The number of carbonyl (C=O) groups is 2. The molecule has 1 aromatic carbocycles. The lowest BCUT2D eigenvalue weighted by Gasteiger charge is -2.21. The fraction of sp³-hybridized carbons (Fsp3) is 0.429. The maximum atomic E-state index is 13.4. The highest BCUT2D eigenvalue weighted by Gasteiger charge is 2.22. The molecule has 0 bridgehead atoms. The average Bonchev–Trinajstić information content (AvgIpc) is 2.95. The van der Waals surface area contributed by atoms with Gasteiger partial charge < -0.3 is 9.80 Å². The maximum absolute atomic E-state index is 13.4. The predicted octanol–water partition coefficient (Wildman–Crippen LogP) is 2.28. The molecule has 0 aromatic heterocycles. The van der Waals surface area contributed by atoms with E-state index in [1.165, 1.54) is 23.1 Å². The van der Waals surface area contributed by atoms with Crippen molar-refractivity contribution < 1.29 is 14.0 Å². The Morgan fingerprint density at radius 1 is 1.35 bits per heavy atom. The quantitative estimate of drug-likeness (QED) is 0.845. The molecule has 1 saturated heterocycles. The Labute approximate surface area is 125 Å². The van der Waals surface area contributed by atoms with Gasteiger partial charge in [-0.3, -0.25) is 9.59 Å². The summed E-state index contributed by atoms with van der Waals surface area (Å²) in [4.78, 5) is 27.2. The van der Waals surface area contributed by atoms with Crippen LogP contribution in [-0.2, 0) is 4.79 Å². The number of likely N-dealkylation sites (N-methyl/N-ethyl adjacent to an activating group) is 1. The molecule has 6 heteroatoms. The SMILES string of the molecule is CN(CC(=O)N1CCCC1)C(=O)c1ccc(Br)c(F)c1. The molecule has 4 nitrogen and oxygen atoms in total. The number of carbonyl (C=O) groups excluding carboxylic acids is 2. The van der Waals surface area contributed by atoms with Gasteiger partial charge in [-0.25, -0.2) is 4.39 Å². The van der Waals surface area contributed by atoms with E-state index in [9.17, 15) is 14.0 Å². The van der Waals surface area contributed by atoms with Gasteiger partial charge in [0.2, 0.25) is 5.91 Å². The topological polar surface area (TPSA) is 40.6 Å². The minimum absolute atomic E-state index is 0.0243. The van der Waals surface area contributed by atoms with Gasteiger partial charge in [0.1, 0.15) is 5.82 Å². The van der Waals surface area contributed by atoms with Crippen LogP contribution in [0.2, 0.25) is 0 Å². The van der Waals surface area contributed by atoms with Gasteiger partial charge in [0, 0.05) is 25.7 Å². The molecule has 2 rings (SSSR count). The molecule has 1 aliphatic heterocycles. The smallest absolute Gasteiger partial charge is 0.254 e. The Hall–Kier alpha value is -1.43. The van der Waals surface area contributed by atoms with Crippen LogP contribution in [0.4, 0.5) is 4.39 Å². The summed E-state index contributed by atoms with van der Waals surface area (Å²) in [6.45, 7) is 1.54. The van der Waals surface area contributed by atoms with Gasteiger partial charge in [0.05, 0.1) is 11.0 Å². The second-order valence-corrected chi connectivity index (χ2v) is 5.73. The summed E-state index contributed by atoms with van der Waals surface area (Å²) in [6.07, 6.45) is 2.03. The summed E-state index contributed by atoms with van der Waals surface area (Å²) >= 11 is 3.04. The summed E-state index contributed by atoms with van der Waals surface area (Å²) in [5, 5.41) is 0. The van der Waals surface area contributed by atoms with Crippen molar-refractivity contribution in [3.63, 3.8) is 0 Å². The van der Waals surface area contributed by atoms with Crippen LogP contribution in [-0.4, -0.2) is 48.3 Å². The molecular formula is C14H16BrFN2O2. The Kier molecular flexibility index (Phi) is 4.75. The van der Waals surface area contributed by atoms with E-state index in [1.54, 1.807) is 11.9 Å². The first-order valence-electron chi connectivity index (χ1n) is 6.47. The van der Waals surface area contributed by atoms with Crippen molar-refractivity contribution in [2.75, 3.05) is 26.7 Å². The van der Waals surface area contributed by atoms with Crippen molar-refractivity contribution in [2.24, 2.45) is 0 Å². The second kappa shape index (κ2) is 6.35. The number of likely N-dealkylation sites (tertiary alicyclic amines) is 1. The number of amides is 2. The van der Waals surface area contributed by atoms with Crippen LogP contribution < -0.4 is 0 Å². The first kappa shape index (κ1) is 15.0. The highest BCUT2D eigenvalue weighted by molar-refractivity contribution is 9.10. The van der Waals surface area contributed by atoms with E-state index in [0.717, 1.165) is 25.9 Å². The molecular weight excluding hydrogens is 327 g/mol. The van der Waals surface area contributed by atoms with E-state index in [2.05, 4.69) is 15.9 Å². The number of hydrogen-bond acceptors (Lipinski definition) is 2. The summed E-state index contributed by atoms with van der Waals surface area (Å²) in [5.74, 6) is -0.907. The van der Waals surface area contributed by atoms with Crippen LogP contribution in [0.3, 0.4) is 0 Å². The van der Waals surface area contributed by atoms with Gasteiger partial charge in [-0.2, -0.15) is 0 Å². The third kappa shape index (κ3) is 3.36. The van der Waals surface area contributed by atoms with E-state index < -0.39 is 5.82 Å². The van der Waals surface area contributed by atoms with Crippen LogP contribution in [0.25, 0.3) is 0 Å². The summed E-state index contributed by atoms with van der Waals surface area (Å²) in [6, 6.07) is 4.19. The van der Waals surface area contributed by atoms with Crippen molar-refractivity contribution in [2.45, 2.75) is 12.8 Å². The third-order valence-electron chi connectivity index (χ3n) is 3.34. The summed E-state index contributed by atoms with van der Waals surface area (Å²) in [7, 11) is 1.55. The highest BCUT2D eigenvalue weighted by atomic mass is 79.9. The Morgan fingerprint density at radius 3 is 2.60 bits per heavy atom. The second-order valence-electron chi connectivity index (χ2n) is 4.88. The molecule has 1 fully saturated rings. The van der Waals surface area contributed by atoms with Crippen LogP contribution in [0.5, 0.6) is 0 Å². The standard InChI is InChI=1S/C14H16BrFN2O2/c1-17(9-13(19)18-6-2-3-7-18)14(20)10-4-5-11(15)12(16)8-10/h4-5,8H,2-3,6-7,9H2,1H3. The third-order valence-corrected chi connectivity index (χ3v) is 3.99. The van der Waals surface area contributed by atoms with Crippen molar-refractivity contribution in [3.8, 4) is 0 Å². The van der Waals surface area contributed by atoms with Crippen molar-refractivity contribution in [1.29, 1.82) is 0 Å². The molecule has 2 amide bonds. The molecule has 108 valence electrons. The van der Waals surface area contributed by atoms with Crippen LogP contribution in [0, 0.1) is 5.82 Å². The fourth-order valence-electron chi connectivity index (χ4n) is 2.19. The predicted molar refractivity (Wildman–Crippen MR) is 76.9 cm³/mol. The lowest BCUT2D eigenvalue weighted by atomic mass is 10.2. The number of hydrogen-bond donors (Lipinski definition) is 0. The van der Waals surface area contributed by atoms with Gasteiger partial charge in [-0.05, 0) is 47.0 Å². The zero-order chi connectivity index (χ0) is 14.7. The molecule has 1 heterocycles. The minimum Gasteiger partial charge on any atom is -0.341 e. The van der Waals surface area contributed by atoms with E-state index in [-0.39, 0.29) is 23.9 Å². The molecule has 0 atom stereocenters. The minimum atomic E-state index is -0.491. The Bertz CT molecular complexity index is 530. The van der Waals surface area contributed by atoms with Crippen LogP contribution in [0.1, 0.15) is 23.2 Å².